The van der Waals surface area contributed by atoms with Crippen LogP contribution in [0, 0.1) is 0 Å². The molecule has 0 unspecified atom stereocenters. The number of aromatic carboxylic acids is 1. The van der Waals surface area contributed by atoms with Crippen molar-refractivity contribution in [3.8, 4) is 5.75 Å². The molecule has 0 atom stereocenters. The monoisotopic (exact) mass is 302 g/mol. The van der Waals surface area contributed by atoms with Crippen molar-refractivity contribution >= 4 is 28.5 Å². The zero-order valence-electron chi connectivity index (χ0n) is 10.8. The molecular formula is C15H11ClN2O3. The van der Waals surface area contributed by atoms with E-state index in [1.54, 1.807) is 36.5 Å². The number of carbonyl (C=O) groups is 1. The van der Waals surface area contributed by atoms with Crippen LogP contribution in [0.4, 0.5) is 0 Å². The molecule has 0 saturated carbocycles. The van der Waals surface area contributed by atoms with Gasteiger partial charge in [-0.05, 0) is 30.3 Å². The van der Waals surface area contributed by atoms with Crippen molar-refractivity contribution in [2.24, 2.45) is 0 Å². The van der Waals surface area contributed by atoms with Crippen LogP contribution < -0.4 is 4.74 Å². The Hall–Kier alpha value is -2.53. The van der Waals surface area contributed by atoms with E-state index >= 15 is 0 Å². The maximum Gasteiger partial charge on any atom is 0.352 e. The SMILES string of the molecule is O=C(O)c1cc2cc(OCc3ccc(Cl)nc3)ccc2[nH]1. The Morgan fingerprint density at radius 2 is 2.14 bits per heavy atom. The standard InChI is InChI=1S/C15H11ClN2O3/c16-14-4-1-9(7-17-14)8-21-11-2-3-12-10(5-11)6-13(18-12)15(19)20/h1-7,18H,8H2,(H,19,20). The number of nitrogens with zero attached hydrogens (tertiary/aromatic N) is 1. The number of pyridine rings is 1. The number of hydrogen-bond acceptors (Lipinski definition) is 3. The molecule has 2 aromatic heterocycles. The molecular weight excluding hydrogens is 292 g/mol. The summed E-state index contributed by atoms with van der Waals surface area (Å²) in [5.41, 5.74) is 1.82. The van der Waals surface area contributed by atoms with Gasteiger partial charge in [-0.3, -0.25) is 0 Å². The van der Waals surface area contributed by atoms with Crippen LogP contribution in [-0.4, -0.2) is 21.0 Å². The summed E-state index contributed by atoms with van der Waals surface area (Å²) in [5, 5.41) is 10.2. The molecule has 3 aromatic rings. The lowest BCUT2D eigenvalue weighted by atomic mass is 10.2. The molecule has 21 heavy (non-hydrogen) atoms. The lowest BCUT2D eigenvalue weighted by Crippen LogP contribution is -1.95. The van der Waals surface area contributed by atoms with E-state index in [-0.39, 0.29) is 5.69 Å². The second kappa shape index (κ2) is 5.46. The van der Waals surface area contributed by atoms with Crippen molar-refractivity contribution in [1.82, 2.24) is 9.97 Å². The van der Waals surface area contributed by atoms with Crippen LogP contribution in [0.15, 0.2) is 42.6 Å². The Bertz CT molecular complexity index is 796. The predicted molar refractivity (Wildman–Crippen MR) is 78.8 cm³/mol. The van der Waals surface area contributed by atoms with E-state index in [9.17, 15) is 4.79 Å². The van der Waals surface area contributed by atoms with E-state index in [4.69, 9.17) is 21.4 Å². The molecule has 0 fully saturated rings. The third-order valence-electron chi connectivity index (χ3n) is 3.02. The first-order chi connectivity index (χ1) is 10.1. The quantitative estimate of drug-likeness (QED) is 0.723. The smallest absolute Gasteiger partial charge is 0.352 e. The summed E-state index contributed by atoms with van der Waals surface area (Å²) in [6.45, 7) is 0.367. The van der Waals surface area contributed by atoms with Gasteiger partial charge in [-0.15, -0.1) is 0 Å². The van der Waals surface area contributed by atoms with E-state index in [2.05, 4.69) is 9.97 Å². The van der Waals surface area contributed by atoms with Gasteiger partial charge in [0.15, 0.2) is 0 Å². The minimum atomic E-state index is -0.985. The number of aromatic nitrogens is 2. The first-order valence-corrected chi connectivity index (χ1v) is 6.59. The third-order valence-corrected chi connectivity index (χ3v) is 3.24. The number of H-pyrrole nitrogens is 1. The maximum atomic E-state index is 10.9. The van der Waals surface area contributed by atoms with Crippen LogP contribution in [0.5, 0.6) is 5.75 Å². The fourth-order valence-corrected chi connectivity index (χ4v) is 2.09. The zero-order valence-corrected chi connectivity index (χ0v) is 11.6. The summed E-state index contributed by atoms with van der Waals surface area (Å²) in [4.78, 5) is 17.7. The molecule has 0 saturated heterocycles. The first-order valence-electron chi connectivity index (χ1n) is 6.21. The third kappa shape index (κ3) is 2.98. The summed E-state index contributed by atoms with van der Waals surface area (Å²) in [6, 6.07) is 10.5. The largest absolute Gasteiger partial charge is 0.489 e. The highest BCUT2D eigenvalue weighted by atomic mass is 35.5. The fourth-order valence-electron chi connectivity index (χ4n) is 1.97. The Kier molecular flexibility index (Phi) is 3.50. The second-order valence-corrected chi connectivity index (χ2v) is 4.90. The van der Waals surface area contributed by atoms with Crippen molar-refractivity contribution < 1.29 is 14.6 Å². The van der Waals surface area contributed by atoms with Gasteiger partial charge in [-0.2, -0.15) is 0 Å². The lowest BCUT2D eigenvalue weighted by Gasteiger charge is -2.06. The van der Waals surface area contributed by atoms with Crippen molar-refractivity contribution in [3.05, 3.63) is 59.0 Å². The highest BCUT2D eigenvalue weighted by Gasteiger charge is 2.08. The fraction of sp³-hybridized carbons (Fsp3) is 0.0667. The molecule has 1 aromatic carbocycles. The number of rotatable bonds is 4. The average molecular weight is 303 g/mol. The van der Waals surface area contributed by atoms with Crippen LogP contribution >= 0.6 is 11.6 Å². The Labute approximate surface area is 125 Å². The topological polar surface area (TPSA) is 75.2 Å². The van der Waals surface area contributed by atoms with Gasteiger partial charge in [0, 0.05) is 22.7 Å². The van der Waals surface area contributed by atoms with Crippen LogP contribution in [0.1, 0.15) is 16.1 Å². The van der Waals surface area contributed by atoms with E-state index in [0.29, 0.717) is 17.5 Å². The number of carboxylic acid groups (broad SMARTS) is 1. The molecule has 0 aliphatic heterocycles. The first kappa shape index (κ1) is 13.5. The van der Waals surface area contributed by atoms with Crippen LogP contribution in [0.25, 0.3) is 10.9 Å². The molecule has 0 aliphatic carbocycles. The summed E-state index contributed by atoms with van der Waals surface area (Å²) < 4.78 is 5.67. The number of fused-ring (bicyclic) bond motifs is 1. The molecule has 5 nitrogen and oxygen atoms in total. The number of carboxylic acids is 1. The van der Waals surface area contributed by atoms with Gasteiger partial charge in [-0.25, -0.2) is 9.78 Å². The molecule has 0 aliphatic rings. The lowest BCUT2D eigenvalue weighted by molar-refractivity contribution is 0.0691. The molecule has 0 spiro atoms. The van der Waals surface area contributed by atoms with Gasteiger partial charge in [-0.1, -0.05) is 17.7 Å². The summed E-state index contributed by atoms with van der Waals surface area (Å²) in [5.74, 6) is -0.325. The van der Waals surface area contributed by atoms with Crippen molar-refractivity contribution in [1.29, 1.82) is 0 Å². The highest BCUT2D eigenvalue weighted by Crippen LogP contribution is 2.22. The Balaban J connectivity index is 1.77. The van der Waals surface area contributed by atoms with Gasteiger partial charge in [0.2, 0.25) is 0 Å². The minimum absolute atomic E-state index is 0.157. The van der Waals surface area contributed by atoms with E-state index in [1.807, 2.05) is 6.07 Å². The molecule has 2 N–H and O–H groups in total. The number of aromatic amines is 1. The van der Waals surface area contributed by atoms with E-state index in [0.717, 1.165) is 16.5 Å². The van der Waals surface area contributed by atoms with Crippen molar-refractivity contribution in [2.75, 3.05) is 0 Å². The van der Waals surface area contributed by atoms with Gasteiger partial charge in [0.1, 0.15) is 23.2 Å². The van der Waals surface area contributed by atoms with Crippen molar-refractivity contribution in [2.45, 2.75) is 6.61 Å². The predicted octanol–water partition coefficient (Wildman–Crippen LogP) is 3.49. The number of nitrogens with one attached hydrogen (secondary N) is 1. The average Bonchev–Trinajstić information content (AvgIpc) is 2.90. The molecule has 106 valence electrons. The minimum Gasteiger partial charge on any atom is -0.489 e. The van der Waals surface area contributed by atoms with Gasteiger partial charge in [0.05, 0.1) is 0 Å². The van der Waals surface area contributed by atoms with Gasteiger partial charge >= 0.3 is 5.97 Å². The summed E-state index contributed by atoms with van der Waals surface area (Å²) in [6.07, 6.45) is 1.65. The molecule has 6 heteroatoms. The van der Waals surface area contributed by atoms with Crippen LogP contribution in [0.3, 0.4) is 0 Å². The van der Waals surface area contributed by atoms with Gasteiger partial charge < -0.3 is 14.8 Å². The molecule has 0 amide bonds. The van der Waals surface area contributed by atoms with Crippen molar-refractivity contribution in [3.63, 3.8) is 0 Å². The zero-order chi connectivity index (χ0) is 14.8. The molecule has 0 radical (unpaired) electrons. The normalized spacial score (nSPS) is 10.7. The Morgan fingerprint density at radius 3 is 2.86 bits per heavy atom. The van der Waals surface area contributed by atoms with Gasteiger partial charge in [0.25, 0.3) is 0 Å². The second-order valence-electron chi connectivity index (χ2n) is 4.52. The maximum absolute atomic E-state index is 10.9. The number of benzene rings is 1. The molecule has 2 heterocycles. The molecule has 0 bridgehead atoms. The number of halogens is 1. The highest BCUT2D eigenvalue weighted by molar-refractivity contribution is 6.29. The summed E-state index contributed by atoms with van der Waals surface area (Å²) in [7, 11) is 0. The molecule has 3 rings (SSSR count). The number of hydrogen-bond donors (Lipinski definition) is 2. The Morgan fingerprint density at radius 1 is 1.29 bits per heavy atom. The van der Waals surface area contributed by atoms with E-state index < -0.39 is 5.97 Å². The number of ether oxygens (including phenoxy) is 1. The summed E-state index contributed by atoms with van der Waals surface area (Å²) >= 11 is 5.72. The van der Waals surface area contributed by atoms with Crippen LogP contribution in [0.2, 0.25) is 5.15 Å². The van der Waals surface area contributed by atoms with Crippen LogP contribution in [-0.2, 0) is 6.61 Å². The van der Waals surface area contributed by atoms with E-state index in [1.165, 1.54) is 0 Å².